The maximum absolute atomic E-state index is 11.9. The standard InChI is InChI=1S/C17H22N2O2/c20-16-7-3-5-14(16)12-18-17(21)9-11-19-10-8-13-4-1-2-6-15(13)19/h1-2,4,6,8,10,14,16,20H,3,5,7,9,11-12H2,(H,18,21). The zero-order chi connectivity index (χ0) is 14.7. The van der Waals surface area contributed by atoms with Gasteiger partial charge < -0.3 is 15.0 Å². The first-order valence-corrected chi connectivity index (χ1v) is 7.72. The van der Waals surface area contributed by atoms with Gasteiger partial charge in [0.05, 0.1) is 6.10 Å². The predicted molar refractivity (Wildman–Crippen MR) is 82.9 cm³/mol. The SMILES string of the molecule is O=C(CCn1ccc2ccccc21)NCC1CCCC1O. The highest BCUT2D eigenvalue weighted by molar-refractivity contribution is 5.80. The molecule has 4 heteroatoms. The number of carbonyl (C=O) groups is 1. The van der Waals surface area contributed by atoms with Crippen LogP contribution in [0, 0.1) is 5.92 Å². The molecule has 1 fully saturated rings. The number of aliphatic hydroxyl groups excluding tert-OH is 1. The van der Waals surface area contributed by atoms with E-state index in [2.05, 4.69) is 28.1 Å². The first-order chi connectivity index (χ1) is 10.2. The molecule has 1 saturated carbocycles. The number of hydrogen-bond acceptors (Lipinski definition) is 2. The number of nitrogens with one attached hydrogen (secondary N) is 1. The molecule has 112 valence electrons. The Kier molecular flexibility index (Phi) is 4.25. The highest BCUT2D eigenvalue weighted by atomic mass is 16.3. The Balaban J connectivity index is 1.49. The molecule has 1 heterocycles. The molecule has 1 aliphatic rings. The molecule has 2 atom stereocenters. The summed E-state index contributed by atoms with van der Waals surface area (Å²) in [5, 5.41) is 13.9. The summed E-state index contributed by atoms with van der Waals surface area (Å²) >= 11 is 0. The Morgan fingerprint density at radius 1 is 1.29 bits per heavy atom. The average molecular weight is 286 g/mol. The molecule has 0 aliphatic heterocycles. The molecule has 2 unspecified atom stereocenters. The molecule has 0 bridgehead atoms. The normalized spacial score (nSPS) is 21.8. The van der Waals surface area contributed by atoms with Crippen molar-refractivity contribution in [2.24, 2.45) is 5.92 Å². The van der Waals surface area contributed by atoms with E-state index in [1.54, 1.807) is 0 Å². The van der Waals surface area contributed by atoms with Gasteiger partial charge in [0.25, 0.3) is 0 Å². The second kappa shape index (κ2) is 6.31. The van der Waals surface area contributed by atoms with Gasteiger partial charge in [-0.1, -0.05) is 24.6 Å². The van der Waals surface area contributed by atoms with Crippen LogP contribution in [0.2, 0.25) is 0 Å². The topological polar surface area (TPSA) is 54.3 Å². The van der Waals surface area contributed by atoms with Gasteiger partial charge in [0, 0.05) is 37.1 Å². The van der Waals surface area contributed by atoms with Crippen LogP contribution in [0.5, 0.6) is 0 Å². The monoisotopic (exact) mass is 286 g/mol. The Morgan fingerprint density at radius 2 is 2.14 bits per heavy atom. The van der Waals surface area contributed by atoms with E-state index in [1.807, 2.05) is 18.3 Å². The van der Waals surface area contributed by atoms with Gasteiger partial charge in [-0.25, -0.2) is 0 Å². The van der Waals surface area contributed by atoms with Crippen LogP contribution in [0.1, 0.15) is 25.7 Å². The number of amides is 1. The summed E-state index contributed by atoms with van der Waals surface area (Å²) in [6.45, 7) is 1.29. The van der Waals surface area contributed by atoms with E-state index in [0.717, 1.165) is 24.8 Å². The van der Waals surface area contributed by atoms with Crippen LogP contribution in [0.4, 0.5) is 0 Å². The number of para-hydroxylation sites is 1. The largest absolute Gasteiger partial charge is 0.393 e. The zero-order valence-corrected chi connectivity index (χ0v) is 12.2. The Bertz CT molecular complexity index is 620. The summed E-state index contributed by atoms with van der Waals surface area (Å²) in [5.74, 6) is 0.299. The molecule has 0 radical (unpaired) electrons. The van der Waals surface area contributed by atoms with Gasteiger partial charge in [-0.05, 0) is 30.4 Å². The molecule has 1 aliphatic carbocycles. The van der Waals surface area contributed by atoms with Gasteiger partial charge in [-0.2, -0.15) is 0 Å². The smallest absolute Gasteiger partial charge is 0.221 e. The van der Waals surface area contributed by atoms with Gasteiger partial charge in [-0.15, -0.1) is 0 Å². The van der Waals surface area contributed by atoms with Gasteiger partial charge >= 0.3 is 0 Å². The fourth-order valence-corrected chi connectivity index (χ4v) is 3.15. The lowest BCUT2D eigenvalue weighted by atomic mass is 10.1. The number of aliphatic hydroxyl groups is 1. The molecule has 2 N–H and O–H groups in total. The Hall–Kier alpha value is -1.81. The minimum Gasteiger partial charge on any atom is -0.393 e. The van der Waals surface area contributed by atoms with E-state index < -0.39 is 0 Å². The quantitative estimate of drug-likeness (QED) is 0.886. The van der Waals surface area contributed by atoms with Crippen LogP contribution in [0.3, 0.4) is 0 Å². The predicted octanol–water partition coefficient (Wildman–Crippen LogP) is 2.31. The van der Waals surface area contributed by atoms with Gasteiger partial charge in [-0.3, -0.25) is 4.79 Å². The summed E-state index contributed by atoms with van der Waals surface area (Å²) in [6, 6.07) is 10.3. The number of benzene rings is 1. The van der Waals surface area contributed by atoms with E-state index in [4.69, 9.17) is 0 Å². The molecule has 3 rings (SSSR count). The number of aryl methyl sites for hydroxylation is 1. The minimum atomic E-state index is -0.237. The highest BCUT2D eigenvalue weighted by Crippen LogP contribution is 2.24. The first-order valence-electron chi connectivity index (χ1n) is 7.72. The van der Waals surface area contributed by atoms with Crippen molar-refractivity contribution >= 4 is 16.8 Å². The maximum Gasteiger partial charge on any atom is 0.221 e. The molecular formula is C17H22N2O2. The minimum absolute atomic E-state index is 0.0619. The molecule has 2 aromatic rings. The Labute approximate surface area is 124 Å². The van der Waals surface area contributed by atoms with Gasteiger partial charge in [0.2, 0.25) is 5.91 Å². The number of hydrogen-bond donors (Lipinski definition) is 2. The summed E-state index contributed by atoms with van der Waals surface area (Å²) in [4.78, 5) is 11.9. The molecule has 4 nitrogen and oxygen atoms in total. The number of rotatable bonds is 5. The van der Waals surface area contributed by atoms with Crippen molar-refractivity contribution in [1.82, 2.24) is 9.88 Å². The Morgan fingerprint density at radius 3 is 2.95 bits per heavy atom. The number of nitrogens with zero attached hydrogens (tertiary/aromatic N) is 1. The molecule has 1 amide bonds. The molecule has 21 heavy (non-hydrogen) atoms. The van der Waals surface area contributed by atoms with Gasteiger partial charge in [0.15, 0.2) is 0 Å². The zero-order valence-electron chi connectivity index (χ0n) is 12.2. The maximum atomic E-state index is 11.9. The van der Waals surface area contributed by atoms with Crippen molar-refractivity contribution in [3.63, 3.8) is 0 Å². The molecule has 0 spiro atoms. The third-order valence-corrected chi connectivity index (χ3v) is 4.44. The highest BCUT2D eigenvalue weighted by Gasteiger charge is 2.25. The fourth-order valence-electron chi connectivity index (χ4n) is 3.15. The van der Waals surface area contributed by atoms with Crippen molar-refractivity contribution in [2.45, 2.75) is 38.3 Å². The third kappa shape index (κ3) is 3.27. The average Bonchev–Trinajstić information content (AvgIpc) is 3.09. The van der Waals surface area contributed by atoms with E-state index in [9.17, 15) is 9.90 Å². The summed E-state index contributed by atoms with van der Waals surface area (Å²) < 4.78 is 2.11. The third-order valence-electron chi connectivity index (χ3n) is 4.44. The van der Waals surface area contributed by atoms with E-state index >= 15 is 0 Å². The van der Waals surface area contributed by atoms with E-state index in [0.29, 0.717) is 19.5 Å². The summed E-state index contributed by atoms with van der Waals surface area (Å²) in [7, 11) is 0. The van der Waals surface area contributed by atoms with Crippen molar-refractivity contribution in [3.8, 4) is 0 Å². The number of aromatic nitrogens is 1. The summed E-state index contributed by atoms with van der Waals surface area (Å²) in [6.07, 6.45) is 5.22. The van der Waals surface area contributed by atoms with Crippen molar-refractivity contribution < 1.29 is 9.90 Å². The van der Waals surface area contributed by atoms with Crippen LogP contribution in [0.15, 0.2) is 36.5 Å². The molecule has 1 aromatic carbocycles. The lowest BCUT2D eigenvalue weighted by molar-refractivity contribution is -0.121. The number of carbonyl (C=O) groups excluding carboxylic acids is 1. The summed E-state index contributed by atoms with van der Waals surface area (Å²) in [5.41, 5.74) is 1.16. The van der Waals surface area contributed by atoms with Crippen LogP contribution in [-0.2, 0) is 11.3 Å². The van der Waals surface area contributed by atoms with Crippen LogP contribution < -0.4 is 5.32 Å². The van der Waals surface area contributed by atoms with Crippen molar-refractivity contribution in [3.05, 3.63) is 36.5 Å². The molecule has 0 saturated heterocycles. The number of fused-ring (bicyclic) bond motifs is 1. The van der Waals surface area contributed by atoms with Crippen molar-refractivity contribution in [1.29, 1.82) is 0 Å². The van der Waals surface area contributed by atoms with E-state index in [1.165, 1.54) is 5.39 Å². The first kappa shape index (κ1) is 14.1. The fraction of sp³-hybridized carbons (Fsp3) is 0.471. The molecular weight excluding hydrogens is 264 g/mol. The second-order valence-electron chi connectivity index (χ2n) is 5.88. The van der Waals surface area contributed by atoms with E-state index in [-0.39, 0.29) is 17.9 Å². The molecule has 1 aromatic heterocycles. The van der Waals surface area contributed by atoms with Crippen molar-refractivity contribution in [2.75, 3.05) is 6.54 Å². The van der Waals surface area contributed by atoms with Gasteiger partial charge in [0.1, 0.15) is 0 Å². The second-order valence-corrected chi connectivity index (χ2v) is 5.88. The lowest BCUT2D eigenvalue weighted by Gasteiger charge is -2.15. The van der Waals surface area contributed by atoms with Crippen LogP contribution in [0.25, 0.3) is 10.9 Å². The lowest BCUT2D eigenvalue weighted by Crippen LogP contribution is -2.32. The van der Waals surface area contributed by atoms with Crippen LogP contribution in [-0.4, -0.2) is 28.2 Å². The van der Waals surface area contributed by atoms with Crippen LogP contribution >= 0.6 is 0 Å².